The number of benzene rings is 3. The van der Waals surface area contributed by atoms with Crippen molar-refractivity contribution in [2.45, 2.75) is 19.8 Å². The van der Waals surface area contributed by atoms with Crippen molar-refractivity contribution in [2.75, 3.05) is 0 Å². The molecule has 0 saturated carbocycles. The van der Waals surface area contributed by atoms with E-state index in [1.807, 2.05) is 60.7 Å². The number of carbonyl (C=O) groups is 1. The van der Waals surface area contributed by atoms with Gasteiger partial charge in [0.2, 0.25) is 0 Å². The molecule has 0 unspecified atom stereocenters. The summed E-state index contributed by atoms with van der Waals surface area (Å²) in [6, 6.07) is 25.8. The van der Waals surface area contributed by atoms with Crippen LogP contribution in [0.5, 0.6) is 0 Å². The third kappa shape index (κ3) is 3.09. The molecule has 114 valence electrons. The minimum atomic E-state index is 0.0914. The summed E-state index contributed by atoms with van der Waals surface area (Å²) < 4.78 is 0. The van der Waals surface area contributed by atoms with Crippen molar-refractivity contribution in [3.05, 3.63) is 95.6 Å². The molecule has 0 amide bonds. The Labute approximate surface area is 137 Å². The van der Waals surface area contributed by atoms with Crippen molar-refractivity contribution in [1.29, 1.82) is 0 Å². The summed E-state index contributed by atoms with van der Waals surface area (Å²) in [5.41, 5.74) is 4.73. The molecule has 3 aromatic rings. The van der Waals surface area contributed by atoms with Crippen molar-refractivity contribution < 1.29 is 4.79 Å². The first-order valence-electron chi connectivity index (χ1n) is 7.96. The first-order chi connectivity index (χ1) is 11.2. The Morgan fingerprint density at radius 1 is 0.739 bits per heavy atom. The third-order valence-corrected chi connectivity index (χ3v) is 4.07. The van der Waals surface area contributed by atoms with Gasteiger partial charge < -0.3 is 0 Å². The van der Waals surface area contributed by atoms with E-state index >= 15 is 0 Å². The summed E-state index contributed by atoms with van der Waals surface area (Å²) >= 11 is 0. The molecule has 0 radical (unpaired) electrons. The second-order valence-electron chi connectivity index (χ2n) is 5.99. The van der Waals surface area contributed by atoms with Crippen LogP contribution in [0, 0.1) is 0 Å². The van der Waals surface area contributed by atoms with Crippen LogP contribution in [0.15, 0.2) is 78.9 Å². The molecule has 0 saturated heterocycles. The van der Waals surface area contributed by atoms with Crippen molar-refractivity contribution in [3.8, 4) is 11.1 Å². The molecular weight excluding hydrogens is 280 g/mol. The normalized spacial score (nSPS) is 10.7. The zero-order valence-corrected chi connectivity index (χ0v) is 13.5. The standard InChI is InChI=1S/C22H20O/c1-16(2)19-14-9-15-20(17-10-5-3-6-11-17)21(19)22(23)18-12-7-4-8-13-18/h3-16H,1-2H3. The lowest BCUT2D eigenvalue weighted by molar-refractivity contribution is 0.103. The van der Waals surface area contributed by atoms with Crippen LogP contribution in [0.4, 0.5) is 0 Å². The number of hydrogen-bond donors (Lipinski definition) is 0. The lowest BCUT2D eigenvalue weighted by atomic mass is 9.86. The van der Waals surface area contributed by atoms with Gasteiger partial charge in [-0.1, -0.05) is 92.7 Å². The molecule has 0 aliphatic heterocycles. The molecular formula is C22H20O. The fourth-order valence-corrected chi connectivity index (χ4v) is 2.90. The van der Waals surface area contributed by atoms with Crippen LogP contribution < -0.4 is 0 Å². The maximum atomic E-state index is 13.2. The summed E-state index contributed by atoms with van der Waals surface area (Å²) in [5, 5.41) is 0. The first-order valence-corrected chi connectivity index (χ1v) is 7.96. The highest BCUT2D eigenvalue weighted by Crippen LogP contribution is 2.32. The Bertz CT molecular complexity index is 802. The quantitative estimate of drug-likeness (QED) is 0.564. The summed E-state index contributed by atoms with van der Waals surface area (Å²) in [4.78, 5) is 13.2. The van der Waals surface area contributed by atoms with Gasteiger partial charge in [-0.05, 0) is 22.6 Å². The summed E-state index contributed by atoms with van der Waals surface area (Å²) in [5.74, 6) is 0.384. The van der Waals surface area contributed by atoms with Crippen molar-refractivity contribution in [3.63, 3.8) is 0 Å². The molecule has 3 aromatic carbocycles. The van der Waals surface area contributed by atoms with Gasteiger partial charge in [-0.15, -0.1) is 0 Å². The second-order valence-corrected chi connectivity index (χ2v) is 5.99. The Balaban J connectivity index is 2.23. The van der Waals surface area contributed by atoms with Gasteiger partial charge in [-0.2, -0.15) is 0 Å². The SMILES string of the molecule is CC(C)c1cccc(-c2ccccc2)c1C(=O)c1ccccc1. The van der Waals surface area contributed by atoms with Crippen LogP contribution in [-0.2, 0) is 0 Å². The Hall–Kier alpha value is -2.67. The third-order valence-electron chi connectivity index (χ3n) is 4.07. The van der Waals surface area contributed by atoms with Gasteiger partial charge in [-0.25, -0.2) is 0 Å². The van der Waals surface area contributed by atoms with Gasteiger partial charge in [-0.3, -0.25) is 4.79 Å². The van der Waals surface area contributed by atoms with E-state index in [1.165, 1.54) is 0 Å². The largest absolute Gasteiger partial charge is 0.289 e. The molecule has 0 fully saturated rings. The van der Waals surface area contributed by atoms with Crippen LogP contribution in [0.25, 0.3) is 11.1 Å². The van der Waals surface area contributed by atoms with Crippen LogP contribution in [0.1, 0.15) is 41.3 Å². The highest BCUT2D eigenvalue weighted by atomic mass is 16.1. The van der Waals surface area contributed by atoms with Gasteiger partial charge in [0.15, 0.2) is 5.78 Å². The molecule has 0 aliphatic carbocycles. The molecule has 0 N–H and O–H groups in total. The number of ketones is 1. The van der Waals surface area contributed by atoms with E-state index in [0.717, 1.165) is 27.8 Å². The average Bonchev–Trinajstić information content (AvgIpc) is 2.62. The monoisotopic (exact) mass is 300 g/mol. The van der Waals surface area contributed by atoms with E-state index in [2.05, 4.69) is 32.0 Å². The average molecular weight is 300 g/mol. The Kier molecular flexibility index (Phi) is 4.38. The molecule has 23 heavy (non-hydrogen) atoms. The lowest BCUT2D eigenvalue weighted by Gasteiger charge is -2.17. The molecule has 0 aliphatic rings. The molecule has 1 nitrogen and oxygen atoms in total. The minimum Gasteiger partial charge on any atom is -0.289 e. The topological polar surface area (TPSA) is 17.1 Å². The summed E-state index contributed by atoms with van der Waals surface area (Å²) in [6.45, 7) is 4.26. The number of carbonyl (C=O) groups excluding carboxylic acids is 1. The maximum Gasteiger partial charge on any atom is 0.193 e. The van der Waals surface area contributed by atoms with Crippen molar-refractivity contribution >= 4 is 5.78 Å². The molecule has 0 heterocycles. The van der Waals surface area contributed by atoms with E-state index in [4.69, 9.17) is 0 Å². The van der Waals surface area contributed by atoms with Gasteiger partial charge in [0.1, 0.15) is 0 Å². The number of rotatable bonds is 4. The predicted molar refractivity (Wildman–Crippen MR) is 95.8 cm³/mol. The Morgan fingerprint density at radius 3 is 1.96 bits per heavy atom. The van der Waals surface area contributed by atoms with E-state index in [9.17, 15) is 4.79 Å². The maximum absolute atomic E-state index is 13.2. The smallest absolute Gasteiger partial charge is 0.193 e. The molecule has 3 rings (SSSR count). The van der Waals surface area contributed by atoms with Crippen LogP contribution in [-0.4, -0.2) is 5.78 Å². The molecule has 0 spiro atoms. The molecule has 0 aromatic heterocycles. The van der Waals surface area contributed by atoms with Crippen LogP contribution >= 0.6 is 0 Å². The molecule has 0 bridgehead atoms. The van der Waals surface area contributed by atoms with Crippen LogP contribution in [0.2, 0.25) is 0 Å². The number of hydrogen-bond acceptors (Lipinski definition) is 1. The van der Waals surface area contributed by atoms with Crippen molar-refractivity contribution in [2.24, 2.45) is 0 Å². The fourth-order valence-electron chi connectivity index (χ4n) is 2.90. The second kappa shape index (κ2) is 6.62. The lowest BCUT2D eigenvalue weighted by Crippen LogP contribution is -2.09. The van der Waals surface area contributed by atoms with Gasteiger partial charge in [0, 0.05) is 11.1 Å². The highest BCUT2D eigenvalue weighted by molar-refractivity contribution is 6.13. The first kappa shape index (κ1) is 15.2. The van der Waals surface area contributed by atoms with E-state index in [0.29, 0.717) is 5.92 Å². The van der Waals surface area contributed by atoms with Gasteiger partial charge >= 0.3 is 0 Å². The molecule has 0 atom stereocenters. The molecule has 1 heteroatoms. The summed E-state index contributed by atoms with van der Waals surface area (Å²) in [6.07, 6.45) is 0. The predicted octanol–water partition coefficient (Wildman–Crippen LogP) is 5.71. The Morgan fingerprint density at radius 2 is 1.35 bits per heavy atom. The van der Waals surface area contributed by atoms with Gasteiger partial charge in [0.05, 0.1) is 0 Å². The zero-order valence-electron chi connectivity index (χ0n) is 13.5. The minimum absolute atomic E-state index is 0.0914. The summed E-state index contributed by atoms with van der Waals surface area (Å²) in [7, 11) is 0. The van der Waals surface area contributed by atoms with E-state index in [-0.39, 0.29) is 5.78 Å². The zero-order chi connectivity index (χ0) is 16.2. The van der Waals surface area contributed by atoms with E-state index in [1.54, 1.807) is 0 Å². The highest BCUT2D eigenvalue weighted by Gasteiger charge is 2.20. The van der Waals surface area contributed by atoms with E-state index < -0.39 is 0 Å². The van der Waals surface area contributed by atoms with Crippen molar-refractivity contribution in [1.82, 2.24) is 0 Å². The van der Waals surface area contributed by atoms with Gasteiger partial charge in [0.25, 0.3) is 0 Å². The fraction of sp³-hybridized carbons (Fsp3) is 0.136. The van der Waals surface area contributed by atoms with Crippen LogP contribution in [0.3, 0.4) is 0 Å².